The van der Waals surface area contributed by atoms with Gasteiger partial charge in [0.05, 0.1) is 11.7 Å². The lowest BCUT2D eigenvalue weighted by Gasteiger charge is -2.21. The quantitative estimate of drug-likeness (QED) is 0.867. The summed E-state index contributed by atoms with van der Waals surface area (Å²) in [5.41, 5.74) is 1.62. The van der Waals surface area contributed by atoms with Gasteiger partial charge in [0.15, 0.2) is 6.61 Å². The third-order valence-corrected chi connectivity index (χ3v) is 3.44. The summed E-state index contributed by atoms with van der Waals surface area (Å²) >= 11 is 0. The maximum atomic E-state index is 11.7. The second kappa shape index (κ2) is 4.57. The topological polar surface area (TPSA) is 67.4 Å². The molecule has 1 atom stereocenters. The third kappa shape index (κ3) is 2.54. The van der Waals surface area contributed by atoms with E-state index in [9.17, 15) is 9.59 Å². The molecule has 1 aromatic rings. The predicted octanol–water partition coefficient (Wildman–Crippen LogP) is 1.60. The molecule has 5 heteroatoms. The van der Waals surface area contributed by atoms with E-state index >= 15 is 0 Å². The summed E-state index contributed by atoms with van der Waals surface area (Å²) in [6.07, 6.45) is 1.99. The molecule has 0 radical (unpaired) electrons. The van der Waals surface area contributed by atoms with Gasteiger partial charge in [-0.2, -0.15) is 0 Å². The van der Waals surface area contributed by atoms with E-state index in [1.54, 1.807) is 0 Å². The zero-order valence-corrected chi connectivity index (χ0v) is 10.7. The van der Waals surface area contributed by atoms with Crippen molar-refractivity contribution in [2.75, 3.05) is 11.9 Å². The van der Waals surface area contributed by atoms with Gasteiger partial charge < -0.3 is 15.4 Å². The molecule has 0 unspecified atom stereocenters. The molecule has 19 heavy (non-hydrogen) atoms. The normalized spacial score (nSPS) is 18.9. The number of amides is 2. The standard InChI is InChI=1S/C14H16N2O3/c1-8(15-14(18)9-2-3-9)10-4-5-12-11(6-10)16-13(17)7-19-12/h4-6,8-9H,2-3,7H2,1H3,(H,15,18)(H,16,17)/t8-/m0/s1. The lowest BCUT2D eigenvalue weighted by Crippen LogP contribution is -2.28. The number of benzene rings is 1. The summed E-state index contributed by atoms with van der Waals surface area (Å²) in [6.45, 7) is 1.99. The van der Waals surface area contributed by atoms with Gasteiger partial charge in [-0.25, -0.2) is 0 Å². The van der Waals surface area contributed by atoms with E-state index < -0.39 is 0 Å². The van der Waals surface area contributed by atoms with Crippen molar-refractivity contribution in [3.63, 3.8) is 0 Å². The average Bonchev–Trinajstić information content (AvgIpc) is 3.22. The number of anilines is 1. The van der Waals surface area contributed by atoms with Crippen LogP contribution < -0.4 is 15.4 Å². The molecule has 5 nitrogen and oxygen atoms in total. The SMILES string of the molecule is C[C@H](NC(=O)C1CC1)c1ccc2c(c1)NC(=O)CO2. The van der Waals surface area contributed by atoms with E-state index in [0.29, 0.717) is 11.4 Å². The van der Waals surface area contributed by atoms with Crippen LogP contribution in [-0.4, -0.2) is 18.4 Å². The Labute approximate surface area is 111 Å². The maximum absolute atomic E-state index is 11.7. The number of carbonyl (C=O) groups is 2. The van der Waals surface area contributed by atoms with Crippen molar-refractivity contribution in [1.29, 1.82) is 0 Å². The Kier molecular flexibility index (Phi) is 2.89. The fourth-order valence-corrected chi connectivity index (χ4v) is 2.13. The van der Waals surface area contributed by atoms with Crippen LogP contribution in [0.4, 0.5) is 5.69 Å². The number of nitrogens with one attached hydrogen (secondary N) is 2. The van der Waals surface area contributed by atoms with Crippen molar-refractivity contribution in [2.24, 2.45) is 5.92 Å². The second-order valence-electron chi connectivity index (χ2n) is 5.10. The highest BCUT2D eigenvalue weighted by Crippen LogP contribution is 2.32. The van der Waals surface area contributed by atoms with E-state index in [4.69, 9.17) is 4.74 Å². The smallest absolute Gasteiger partial charge is 0.262 e. The first kappa shape index (κ1) is 12.0. The number of carbonyl (C=O) groups excluding carboxylic acids is 2. The molecular formula is C14H16N2O3. The van der Waals surface area contributed by atoms with Gasteiger partial charge in [-0.3, -0.25) is 9.59 Å². The fourth-order valence-electron chi connectivity index (χ4n) is 2.13. The highest BCUT2D eigenvalue weighted by Gasteiger charge is 2.30. The lowest BCUT2D eigenvalue weighted by molar-refractivity contribution is -0.123. The summed E-state index contributed by atoms with van der Waals surface area (Å²) in [6, 6.07) is 5.51. The van der Waals surface area contributed by atoms with Crippen LogP contribution in [0.15, 0.2) is 18.2 Å². The molecule has 3 rings (SSSR count). The van der Waals surface area contributed by atoms with Crippen LogP contribution in [0.5, 0.6) is 5.75 Å². The van der Waals surface area contributed by atoms with Crippen LogP contribution >= 0.6 is 0 Å². The van der Waals surface area contributed by atoms with Gasteiger partial charge in [0.25, 0.3) is 5.91 Å². The van der Waals surface area contributed by atoms with Crippen LogP contribution in [0.3, 0.4) is 0 Å². The minimum absolute atomic E-state index is 0.0559. The minimum atomic E-state index is -0.153. The molecule has 2 amide bonds. The maximum Gasteiger partial charge on any atom is 0.262 e. The Hall–Kier alpha value is -2.04. The molecule has 2 aliphatic rings. The zero-order valence-electron chi connectivity index (χ0n) is 10.7. The molecular weight excluding hydrogens is 244 g/mol. The molecule has 1 aromatic carbocycles. The fraction of sp³-hybridized carbons (Fsp3) is 0.429. The summed E-state index contributed by atoms with van der Waals surface area (Å²) in [5, 5.41) is 5.75. The van der Waals surface area contributed by atoms with Gasteiger partial charge >= 0.3 is 0 Å². The molecule has 1 saturated carbocycles. The van der Waals surface area contributed by atoms with Crippen LogP contribution in [-0.2, 0) is 9.59 Å². The third-order valence-electron chi connectivity index (χ3n) is 3.44. The first-order chi connectivity index (χ1) is 9.13. The van der Waals surface area contributed by atoms with Crippen molar-refractivity contribution in [2.45, 2.75) is 25.8 Å². The zero-order chi connectivity index (χ0) is 13.4. The second-order valence-corrected chi connectivity index (χ2v) is 5.10. The van der Waals surface area contributed by atoms with Crippen molar-refractivity contribution >= 4 is 17.5 Å². The van der Waals surface area contributed by atoms with Crippen LogP contribution in [0.1, 0.15) is 31.4 Å². The van der Waals surface area contributed by atoms with Crippen molar-refractivity contribution < 1.29 is 14.3 Å². The first-order valence-corrected chi connectivity index (χ1v) is 6.50. The Morgan fingerprint density at radius 3 is 3.00 bits per heavy atom. The number of ether oxygens (including phenoxy) is 1. The van der Waals surface area contributed by atoms with Gasteiger partial charge in [-0.15, -0.1) is 0 Å². The van der Waals surface area contributed by atoms with Crippen molar-refractivity contribution in [1.82, 2.24) is 5.32 Å². The van der Waals surface area contributed by atoms with Gasteiger partial charge in [-0.05, 0) is 37.5 Å². The summed E-state index contributed by atoms with van der Waals surface area (Å²) in [7, 11) is 0. The minimum Gasteiger partial charge on any atom is -0.482 e. The van der Waals surface area contributed by atoms with Gasteiger partial charge in [0.2, 0.25) is 5.91 Å². The highest BCUT2D eigenvalue weighted by atomic mass is 16.5. The predicted molar refractivity (Wildman–Crippen MR) is 69.8 cm³/mol. The Morgan fingerprint density at radius 1 is 1.47 bits per heavy atom. The van der Waals surface area contributed by atoms with Gasteiger partial charge in [-0.1, -0.05) is 6.07 Å². The lowest BCUT2D eigenvalue weighted by atomic mass is 10.1. The molecule has 100 valence electrons. The molecule has 2 N–H and O–H groups in total. The molecule has 0 spiro atoms. The van der Waals surface area contributed by atoms with Crippen LogP contribution in [0.2, 0.25) is 0 Å². The molecule has 1 heterocycles. The summed E-state index contributed by atoms with van der Waals surface area (Å²) in [5.74, 6) is 0.831. The van der Waals surface area contributed by atoms with E-state index in [1.807, 2.05) is 25.1 Å². The Balaban J connectivity index is 1.75. The monoisotopic (exact) mass is 260 g/mol. The van der Waals surface area contributed by atoms with Gasteiger partial charge in [0.1, 0.15) is 5.75 Å². The largest absolute Gasteiger partial charge is 0.482 e. The highest BCUT2D eigenvalue weighted by molar-refractivity contribution is 5.95. The molecule has 0 saturated heterocycles. The van der Waals surface area contributed by atoms with Crippen LogP contribution in [0, 0.1) is 5.92 Å². The molecule has 1 aliphatic heterocycles. The van der Waals surface area contributed by atoms with E-state index in [1.165, 1.54) is 0 Å². The van der Waals surface area contributed by atoms with Crippen molar-refractivity contribution in [3.05, 3.63) is 23.8 Å². The molecule has 1 aliphatic carbocycles. The Bertz CT molecular complexity index is 537. The van der Waals surface area contributed by atoms with E-state index in [-0.39, 0.29) is 30.4 Å². The number of rotatable bonds is 3. The summed E-state index contributed by atoms with van der Waals surface area (Å²) in [4.78, 5) is 23.0. The number of fused-ring (bicyclic) bond motifs is 1. The number of hydrogen-bond donors (Lipinski definition) is 2. The summed E-state index contributed by atoms with van der Waals surface area (Å²) < 4.78 is 5.30. The molecule has 0 aromatic heterocycles. The Morgan fingerprint density at radius 2 is 2.26 bits per heavy atom. The number of hydrogen-bond acceptors (Lipinski definition) is 3. The average molecular weight is 260 g/mol. The first-order valence-electron chi connectivity index (χ1n) is 6.50. The van der Waals surface area contributed by atoms with E-state index in [2.05, 4.69) is 10.6 Å². The van der Waals surface area contributed by atoms with Crippen LogP contribution in [0.25, 0.3) is 0 Å². The molecule has 0 bridgehead atoms. The molecule has 1 fully saturated rings. The van der Waals surface area contributed by atoms with E-state index in [0.717, 1.165) is 18.4 Å². The van der Waals surface area contributed by atoms with Gasteiger partial charge in [0, 0.05) is 5.92 Å². The van der Waals surface area contributed by atoms with Crippen molar-refractivity contribution in [3.8, 4) is 5.75 Å².